The standard InChI is InChI=1S/C11H18N3O/c1-3-13(8-10-4-5-10)11(15)14-7-6-12(2)9-14/h6-7,9-10H,3-5,8H2,1-2H3/q+1. The summed E-state index contributed by atoms with van der Waals surface area (Å²) >= 11 is 0. The molecule has 2 rings (SSSR count). The summed E-state index contributed by atoms with van der Waals surface area (Å²) in [5.74, 6) is 0.748. The van der Waals surface area contributed by atoms with Gasteiger partial charge >= 0.3 is 6.03 Å². The minimum Gasteiger partial charge on any atom is -0.304 e. The van der Waals surface area contributed by atoms with Crippen LogP contribution in [0.1, 0.15) is 19.8 Å². The highest BCUT2D eigenvalue weighted by atomic mass is 16.2. The minimum absolute atomic E-state index is 0.0880. The fraction of sp³-hybridized carbons (Fsp3) is 0.636. The van der Waals surface area contributed by atoms with Crippen molar-refractivity contribution < 1.29 is 9.36 Å². The van der Waals surface area contributed by atoms with E-state index in [-0.39, 0.29) is 6.03 Å². The number of carbonyl (C=O) groups excluding carboxylic acids is 1. The number of amides is 1. The Hall–Kier alpha value is -1.32. The molecular formula is C11H18N3O+. The molecule has 1 aliphatic rings. The van der Waals surface area contributed by atoms with Crippen LogP contribution in [0.5, 0.6) is 0 Å². The topological polar surface area (TPSA) is 29.1 Å². The van der Waals surface area contributed by atoms with E-state index in [1.54, 1.807) is 17.1 Å². The van der Waals surface area contributed by atoms with Crippen LogP contribution in [0.25, 0.3) is 0 Å². The summed E-state index contributed by atoms with van der Waals surface area (Å²) < 4.78 is 3.52. The van der Waals surface area contributed by atoms with Crippen LogP contribution in [-0.2, 0) is 7.05 Å². The van der Waals surface area contributed by atoms with E-state index in [1.807, 2.05) is 29.6 Å². The molecule has 4 heteroatoms. The molecule has 1 amide bonds. The van der Waals surface area contributed by atoms with Crippen molar-refractivity contribution in [2.24, 2.45) is 13.0 Å². The van der Waals surface area contributed by atoms with Crippen LogP contribution in [0.2, 0.25) is 0 Å². The number of carbonyl (C=O) groups is 1. The Morgan fingerprint density at radius 1 is 1.60 bits per heavy atom. The quantitative estimate of drug-likeness (QED) is 0.682. The zero-order valence-electron chi connectivity index (χ0n) is 9.39. The smallest absolute Gasteiger partial charge is 0.304 e. The Bertz CT molecular complexity index is 354. The number of hydrogen-bond acceptors (Lipinski definition) is 1. The third-order valence-corrected chi connectivity index (χ3v) is 2.82. The van der Waals surface area contributed by atoms with Gasteiger partial charge in [-0.25, -0.2) is 9.36 Å². The maximum absolute atomic E-state index is 12.0. The third-order valence-electron chi connectivity index (χ3n) is 2.82. The van der Waals surface area contributed by atoms with Gasteiger partial charge in [-0.05, 0) is 25.7 Å². The molecule has 1 aromatic heterocycles. The molecule has 82 valence electrons. The lowest BCUT2D eigenvalue weighted by Crippen LogP contribution is -2.36. The van der Waals surface area contributed by atoms with Crippen molar-refractivity contribution in [1.29, 1.82) is 0 Å². The highest BCUT2D eigenvalue weighted by Crippen LogP contribution is 2.29. The van der Waals surface area contributed by atoms with Crippen molar-refractivity contribution in [2.75, 3.05) is 13.1 Å². The fourth-order valence-corrected chi connectivity index (χ4v) is 1.68. The number of aromatic nitrogens is 2. The molecule has 1 heterocycles. The maximum Gasteiger partial charge on any atom is 0.415 e. The van der Waals surface area contributed by atoms with Crippen molar-refractivity contribution >= 4 is 6.03 Å². The van der Waals surface area contributed by atoms with Crippen molar-refractivity contribution in [1.82, 2.24) is 9.47 Å². The molecule has 0 radical (unpaired) electrons. The van der Waals surface area contributed by atoms with Crippen molar-refractivity contribution in [2.45, 2.75) is 19.8 Å². The molecule has 0 unspecified atom stereocenters. The van der Waals surface area contributed by atoms with Crippen molar-refractivity contribution in [3.63, 3.8) is 0 Å². The summed E-state index contributed by atoms with van der Waals surface area (Å²) in [5.41, 5.74) is 0. The molecule has 1 saturated carbocycles. The van der Waals surface area contributed by atoms with Gasteiger partial charge in [-0.3, -0.25) is 0 Å². The molecule has 4 nitrogen and oxygen atoms in total. The molecule has 1 aliphatic carbocycles. The zero-order chi connectivity index (χ0) is 10.8. The number of imidazole rings is 1. The SMILES string of the molecule is CCN(CC1CC1)C(=O)n1cc[n+](C)c1. The highest BCUT2D eigenvalue weighted by molar-refractivity contribution is 5.76. The second-order valence-corrected chi connectivity index (χ2v) is 4.25. The molecule has 0 bridgehead atoms. The molecule has 0 spiro atoms. The fourth-order valence-electron chi connectivity index (χ4n) is 1.68. The highest BCUT2D eigenvalue weighted by Gasteiger charge is 2.28. The van der Waals surface area contributed by atoms with Crippen LogP contribution < -0.4 is 4.57 Å². The zero-order valence-corrected chi connectivity index (χ0v) is 9.39. The van der Waals surface area contributed by atoms with E-state index in [9.17, 15) is 4.79 Å². The van der Waals surface area contributed by atoms with Gasteiger partial charge in [0.1, 0.15) is 12.4 Å². The van der Waals surface area contributed by atoms with Crippen LogP contribution >= 0.6 is 0 Å². The first kappa shape index (κ1) is 10.2. The summed E-state index contributed by atoms with van der Waals surface area (Å²) in [6.45, 7) is 3.73. The minimum atomic E-state index is 0.0880. The van der Waals surface area contributed by atoms with E-state index in [0.29, 0.717) is 0 Å². The van der Waals surface area contributed by atoms with Gasteiger partial charge in [0.25, 0.3) is 6.33 Å². The number of nitrogens with zero attached hydrogens (tertiary/aromatic N) is 3. The molecular weight excluding hydrogens is 190 g/mol. The second-order valence-electron chi connectivity index (χ2n) is 4.25. The number of hydrogen-bond donors (Lipinski definition) is 0. The molecule has 1 fully saturated rings. The predicted molar refractivity (Wildman–Crippen MR) is 56.4 cm³/mol. The van der Waals surface area contributed by atoms with E-state index >= 15 is 0 Å². The number of rotatable bonds is 3. The van der Waals surface area contributed by atoms with Crippen molar-refractivity contribution in [3.05, 3.63) is 18.7 Å². The summed E-state index contributed by atoms with van der Waals surface area (Å²) in [6.07, 6.45) is 8.05. The molecule has 0 saturated heterocycles. The molecule has 0 aromatic carbocycles. The molecule has 15 heavy (non-hydrogen) atoms. The lowest BCUT2D eigenvalue weighted by atomic mass is 10.4. The first-order chi connectivity index (χ1) is 7.20. The van der Waals surface area contributed by atoms with E-state index < -0.39 is 0 Å². The Morgan fingerprint density at radius 3 is 2.80 bits per heavy atom. The lowest BCUT2D eigenvalue weighted by Gasteiger charge is -2.17. The summed E-state index contributed by atoms with van der Waals surface area (Å²) in [5, 5.41) is 0. The van der Waals surface area contributed by atoms with Crippen LogP contribution in [-0.4, -0.2) is 28.6 Å². The van der Waals surface area contributed by atoms with Gasteiger partial charge in [-0.1, -0.05) is 0 Å². The van der Waals surface area contributed by atoms with E-state index in [0.717, 1.165) is 19.0 Å². The largest absolute Gasteiger partial charge is 0.415 e. The predicted octanol–water partition coefficient (Wildman–Crippen LogP) is 1.01. The van der Waals surface area contributed by atoms with Gasteiger partial charge in [0.05, 0.1) is 7.05 Å². The van der Waals surface area contributed by atoms with Gasteiger partial charge in [0.15, 0.2) is 0 Å². The average Bonchev–Trinajstić information content (AvgIpc) is 2.95. The van der Waals surface area contributed by atoms with Gasteiger partial charge in [0.2, 0.25) is 0 Å². The molecule has 0 aliphatic heterocycles. The summed E-state index contributed by atoms with van der Waals surface area (Å²) in [4.78, 5) is 13.9. The van der Waals surface area contributed by atoms with Gasteiger partial charge < -0.3 is 4.90 Å². The third kappa shape index (κ3) is 2.37. The normalized spacial score (nSPS) is 15.3. The molecule has 1 aromatic rings. The van der Waals surface area contributed by atoms with E-state index in [1.165, 1.54) is 12.8 Å². The number of aryl methyl sites for hydroxylation is 1. The first-order valence-corrected chi connectivity index (χ1v) is 5.53. The van der Waals surface area contributed by atoms with Crippen molar-refractivity contribution in [3.8, 4) is 0 Å². The Morgan fingerprint density at radius 2 is 2.33 bits per heavy atom. The van der Waals surface area contributed by atoms with Crippen LogP contribution in [0, 0.1) is 5.92 Å². The second kappa shape index (κ2) is 4.04. The Balaban J connectivity index is 2.03. The van der Waals surface area contributed by atoms with Crippen LogP contribution in [0.3, 0.4) is 0 Å². The van der Waals surface area contributed by atoms with Gasteiger partial charge in [0, 0.05) is 13.1 Å². The first-order valence-electron chi connectivity index (χ1n) is 5.53. The average molecular weight is 208 g/mol. The Kier molecular flexibility index (Phi) is 2.75. The Labute approximate surface area is 90.1 Å². The van der Waals surface area contributed by atoms with Gasteiger partial charge in [-0.2, -0.15) is 4.57 Å². The van der Waals surface area contributed by atoms with E-state index in [4.69, 9.17) is 0 Å². The monoisotopic (exact) mass is 208 g/mol. The summed E-state index contributed by atoms with van der Waals surface area (Å²) in [6, 6.07) is 0.0880. The molecule has 0 atom stereocenters. The molecule has 0 N–H and O–H groups in total. The maximum atomic E-state index is 12.0. The van der Waals surface area contributed by atoms with Gasteiger partial charge in [-0.15, -0.1) is 0 Å². The summed E-state index contributed by atoms with van der Waals surface area (Å²) in [7, 11) is 1.92. The van der Waals surface area contributed by atoms with E-state index in [2.05, 4.69) is 0 Å². The van der Waals surface area contributed by atoms with Crippen LogP contribution in [0.15, 0.2) is 18.7 Å². The lowest BCUT2D eigenvalue weighted by molar-refractivity contribution is -0.670. The van der Waals surface area contributed by atoms with Crippen LogP contribution in [0.4, 0.5) is 4.79 Å².